The minimum atomic E-state index is -0.965. The van der Waals surface area contributed by atoms with Crippen molar-refractivity contribution < 1.29 is 19.4 Å². The number of aliphatic hydroxyl groups excluding tert-OH is 1. The molecular weight excluding hydrogens is 244 g/mol. The molecule has 0 heterocycles. The monoisotopic (exact) mass is 262 g/mol. The SMILES string of the molecule is CCOC(=O)C(=O)C=C(O)c1ccc(C(C)C)cc1. The van der Waals surface area contributed by atoms with Crippen molar-refractivity contribution in [2.24, 2.45) is 0 Å². The van der Waals surface area contributed by atoms with E-state index in [0.717, 1.165) is 11.6 Å². The summed E-state index contributed by atoms with van der Waals surface area (Å²) in [5.41, 5.74) is 1.62. The highest BCUT2D eigenvalue weighted by Crippen LogP contribution is 2.18. The molecule has 4 nitrogen and oxygen atoms in total. The van der Waals surface area contributed by atoms with Crippen molar-refractivity contribution in [3.63, 3.8) is 0 Å². The second-order valence-electron chi connectivity index (χ2n) is 4.39. The van der Waals surface area contributed by atoms with Gasteiger partial charge in [-0.25, -0.2) is 4.79 Å². The fraction of sp³-hybridized carbons (Fsp3) is 0.333. The second-order valence-corrected chi connectivity index (χ2v) is 4.39. The Balaban J connectivity index is 2.84. The lowest BCUT2D eigenvalue weighted by atomic mass is 10.0. The molecule has 0 spiro atoms. The van der Waals surface area contributed by atoms with Crippen LogP contribution >= 0.6 is 0 Å². The molecule has 1 aromatic rings. The molecule has 0 fully saturated rings. The van der Waals surface area contributed by atoms with Gasteiger partial charge in [0.1, 0.15) is 5.76 Å². The smallest absolute Gasteiger partial charge is 0.379 e. The van der Waals surface area contributed by atoms with Gasteiger partial charge in [-0.1, -0.05) is 38.1 Å². The first-order valence-corrected chi connectivity index (χ1v) is 6.17. The van der Waals surface area contributed by atoms with E-state index in [1.807, 2.05) is 12.1 Å². The Morgan fingerprint density at radius 2 is 1.84 bits per heavy atom. The average molecular weight is 262 g/mol. The average Bonchev–Trinajstić information content (AvgIpc) is 2.38. The quantitative estimate of drug-likeness (QED) is 0.383. The predicted molar refractivity (Wildman–Crippen MR) is 72.8 cm³/mol. The molecule has 0 saturated heterocycles. The van der Waals surface area contributed by atoms with Gasteiger partial charge < -0.3 is 9.84 Å². The minimum Gasteiger partial charge on any atom is -0.507 e. The van der Waals surface area contributed by atoms with Gasteiger partial charge in [-0.15, -0.1) is 0 Å². The van der Waals surface area contributed by atoms with Gasteiger partial charge in [-0.2, -0.15) is 0 Å². The van der Waals surface area contributed by atoms with E-state index < -0.39 is 11.8 Å². The highest BCUT2D eigenvalue weighted by atomic mass is 16.5. The number of aliphatic hydroxyl groups is 1. The van der Waals surface area contributed by atoms with Crippen LogP contribution in [0.15, 0.2) is 30.3 Å². The standard InChI is InChI=1S/C15H18O4/c1-4-19-15(18)14(17)9-13(16)12-7-5-11(6-8-12)10(2)3/h5-10,16H,4H2,1-3H3. The number of rotatable bonds is 5. The fourth-order valence-corrected chi connectivity index (χ4v) is 1.51. The lowest BCUT2D eigenvalue weighted by Gasteiger charge is -2.06. The molecule has 0 atom stereocenters. The maximum atomic E-state index is 11.4. The minimum absolute atomic E-state index is 0.127. The van der Waals surface area contributed by atoms with E-state index in [4.69, 9.17) is 0 Å². The number of carbonyl (C=O) groups is 2. The molecule has 0 aliphatic rings. The molecule has 0 radical (unpaired) electrons. The third kappa shape index (κ3) is 4.25. The lowest BCUT2D eigenvalue weighted by molar-refractivity contribution is -0.151. The Bertz CT molecular complexity index is 483. The number of ketones is 1. The van der Waals surface area contributed by atoms with Gasteiger partial charge in [0.25, 0.3) is 5.78 Å². The number of hydrogen-bond acceptors (Lipinski definition) is 4. The van der Waals surface area contributed by atoms with Crippen LogP contribution in [0, 0.1) is 0 Å². The zero-order chi connectivity index (χ0) is 14.4. The van der Waals surface area contributed by atoms with E-state index in [1.54, 1.807) is 19.1 Å². The summed E-state index contributed by atoms with van der Waals surface area (Å²) in [6.45, 7) is 5.87. The maximum Gasteiger partial charge on any atom is 0.379 e. The predicted octanol–water partition coefficient (Wildman–Crippen LogP) is 2.84. The van der Waals surface area contributed by atoms with Gasteiger partial charge >= 0.3 is 5.97 Å². The summed E-state index contributed by atoms with van der Waals surface area (Å²) < 4.78 is 4.55. The van der Waals surface area contributed by atoms with Crippen LogP contribution in [0.3, 0.4) is 0 Å². The first-order chi connectivity index (χ1) is 8.95. The number of ether oxygens (including phenoxy) is 1. The third-order valence-corrected chi connectivity index (χ3v) is 2.62. The van der Waals surface area contributed by atoms with Crippen molar-refractivity contribution in [2.45, 2.75) is 26.7 Å². The molecule has 0 aliphatic heterocycles. The molecule has 0 bridgehead atoms. The molecule has 0 unspecified atom stereocenters. The van der Waals surface area contributed by atoms with Gasteiger partial charge in [-0.05, 0) is 18.4 Å². The first-order valence-electron chi connectivity index (χ1n) is 6.17. The van der Waals surface area contributed by atoms with Crippen molar-refractivity contribution in [1.82, 2.24) is 0 Å². The van der Waals surface area contributed by atoms with Gasteiger partial charge in [-0.3, -0.25) is 4.79 Å². The Labute approximate surface area is 112 Å². The van der Waals surface area contributed by atoms with Crippen LogP contribution in [0.5, 0.6) is 0 Å². The summed E-state index contributed by atoms with van der Waals surface area (Å²) >= 11 is 0. The van der Waals surface area contributed by atoms with Gasteiger partial charge in [0, 0.05) is 11.6 Å². The van der Waals surface area contributed by atoms with E-state index in [0.29, 0.717) is 11.5 Å². The molecule has 0 aliphatic carbocycles. The molecule has 1 N–H and O–H groups in total. The Morgan fingerprint density at radius 1 is 1.26 bits per heavy atom. The third-order valence-electron chi connectivity index (χ3n) is 2.62. The van der Waals surface area contributed by atoms with Gasteiger partial charge in [0.05, 0.1) is 6.61 Å². The molecule has 102 valence electrons. The lowest BCUT2D eigenvalue weighted by Crippen LogP contribution is -2.15. The van der Waals surface area contributed by atoms with Crippen molar-refractivity contribution in [2.75, 3.05) is 6.61 Å². The van der Waals surface area contributed by atoms with E-state index in [9.17, 15) is 14.7 Å². The topological polar surface area (TPSA) is 63.6 Å². The second kappa shape index (κ2) is 6.73. The summed E-state index contributed by atoms with van der Waals surface area (Å²) in [6.07, 6.45) is 0.877. The highest BCUT2D eigenvalue weighted by molar-refractivity contribution is 6.39. The van der Waals surface area contributed by atoms with Crippen LogP contribution in [-0.4, -0.2) is 23.5 Å². The van der Waals surface area contributed by atoms with Crippen LogP contribution in [-0.2, 0) is 14.3 Å². The molecule has 0 aromatic heterocycles. The van der Waals surface area contributed by atoms with E-state index in [2.05, 4.69) is 18.6 Å². The molecule has 19 heavy (non-hydrogen) atoms. The van der Waals surface area contributed by atoms with Crippen molar-refractivity contribution in [1.29, 1.82) is 0 Å². The molecule has 1 rings (SSSR count). The van der Waals surface area contributed by atoms with Crippen LogP contribution < -0.4 is 0 Å². The molecule has 4 heteroatoms. The van der Waals surface area contributed by atoms with Crippen LogP contribution in [0.25, 0.3) is 5.76 Å². The van der Waals surface area contributed by atoms with Gasteiger partial charge in [0.2, 0.25) is 0 Å². The van der Waals surface area contributed by atoms with E-state index >= 15 is 0 Å². The summed E-state index contributed by atoms with van der Waals surface area (Å²) in [5.74, 6) is -1.69. The number of benzene rings is 1. The highest BCUT2D eigenvalue weighted by Gasteiger charge is 2.13. The van der Waals surface area contributed by atoms with Crippen molar-refractivity contribution >= 4 is 17.5 Å². The van der Waals surface area contributed by atoms with Crippen molar-refractivity contribution in [3.05, 3.63) is 41.5 Å². The number of carbonyl (C=O) groups excluding carboxylic acids is 2. The van der Waals surface area contributed by atoms with Crippen LogP contribution in [0.1, 0.15) is 37.8 Å². The number of esters is 1. The van der Waals surface area contributed by atoms with Crippen LogP contribution in [0.4, 0.5) is 0 Å². The Kier molecular flexibility index (Phi) is 5.30. The molecular formula is C15H18O4. The van der Waals surface area contributed by atoms with Gasteiger partial charge in [0.15, 0.2) is 0 Å². The van der Waals surface area contributed by atoms with Crippen molar-refractivity contribution in [3.8, 4) is 0 Å². The zero-order valence-corrected chi connectivity index (χ0v) is 11.3. The summed E-state index contributed by atoms with van der Waals surface area (Å²) in [5, 5.41) is 9.77. The number of hydrogen-bond donors (Lipinski definition) is 1. The van der Waals surface area contributed by atoms with E-state index in [-0.39, 0.29) is 12.4 Å². The van der Waals surface area contributed by atoms with E-state index in [1.165, 1.54) is 0 Å². The molecule has 0 amide bonds. The summed E-state index contributed by atoms with van der Waals surface area (Å²) in [4.78, 5) is 22.5. The maximum absolute atomic E-state index is 11.4. The first kappa shape index (κ1) is 15.0. The summed E-state index contributed by atoms with van der Waals surface area (Å²) in [7, 11) is 0. The molecule has 0 saturated carbocycles. The van der Waals surface area contributed by atoms with Crippen LogP contribution in [0.2, 0.25) is 0 Å². The normalized spacial score (nSPS) is 11.5. The Morgan fingerprint density at radius 3 is 2.32 bits per heavy atom. The largest absolute Gasteiger partial charge is 0.507 e. The Hall–Kier alpha value is -2.10. The fourth-order valence-electron chi connectivity index (χ4n) is 1.51. The zero-order valence-electron chi connectivity index (χ0n) is 11.3. The molecule has 1 aromatic carbocycles. The summed E-state index contributed by atoms with van der Waals surface area (Å²) in [6, 6.07) is 7.16.